The predicted molar refractivity (Wildman–Crippen MR) is 128 cm³/mol. The van der Waals surface area contributed by atoms with Gasteiger partial charge >= 0.3 is 6.03 Å². The number of carbonyl (C=O) groups is 1. The first-order chi connectivity index (χ1) is 17.1. The lowest BCUT2D eigenvalue weighted by molar-refractivity contribution is 0.256. The van der Waals surface area contributed by atoms with Crippen molar-refractivity contribution in [3.05, 3.63) is 47.3 Å². The molecular weight excluding hydrogens is 472 g/mol. The zero-order valence-electron chi connectivity index (χ0n) is 19.0. The summed E-state index contributed by atoms with van der Waals surface area (Å²) < 4.78 is 7.05. The Bertz CT molecular complexity index is 1350. The lowest BCUT2D eigenvalue weighted by Crippen LogP contribution is -2.33. The lowest BCUT2D eigenvalue weighted by Gasteiger charge is -2.25. The first kappa shape index (κ1) is 23.2. The number of nitrogens with zero attached hydrogens (tertiary/aromatic N) is 7. The summed E-state index contributed by atoms with van der Waals surface area (Å²) in [6.07, 6.45) is 11.0. The summed E-state index contributed by atoms with van der Waals surface area (Å²) in [5.74, 6) is 0.912. The van der Waals surface area contributed by atoms with E-state index in [9.17, 15) is 4.79 Å². The van der Waals surface area contributed by atoms with Crippen LogP contribution in [0.2, 0.25) is 5.02 Å². The van der Waals surface area contributed by atoms with Gasteiger partial charge in [0.05, 0.1) is 40.7 Å². The largest absolute Gasteiger partial charge is 0.396 e. The molecule has 0 radical (unpaired) electrons. The Labute approximate surface area is 205 Å². The van der Waals surface area contributed by atoms with Crippen molar-refractivity contribution in [3.8, 4) is 11.5 Å². The minimum atomic E-state index is -0.686. The maximum Gasteiger partial charge on any atom is 0.324 e. The number of aryl methyl sites for hydroxylation is 1. The summed E-state index contributed by atoms with van der Waals surface area (Å²) in [6.45, 7) is 0.109. The van der Waals surface area contributed by atoms with E-state index in [1.54, 1.807) is 23.0 Å². The van der Waals surface area contributed by atoms with Gasteiger partial charge in [-0.25, -0.2) is 19.3 Å². The van der Waals surface area contributed by atoms with E-state index in [0.29, 0.717) is 41.4 Å². The van der Waals surface area contributed by atoms with E-state index in [0.717, 1.165) is 37.8 Å². The summed E-state index contributed by atoms with van der Waals surface area (Å²) in [7, 11) is 0. The van der Waals surface area contributed by atoms with Crippen LogP contribution in [0.1, 0.15) is 56.0 Å². The summed E-state index contributed by atoms with van der Waals surface area (Å²) >= 11 is 6.55. The smallest absolute Gasteiger partial charge is 0.324 e. The number of rotatable bonds is 8. The molecule has 0 bridgehead atoms. The molecule has 0 spiro atoms. The van der Waals surface area contributed by atoms with E-state index in [2.05, 4.69) is 25.2 Å². The lowest BCUT2D eigenvalue weighted by atomic mass is 10.0. The summed E-state index contributed by atoms with van der Waals surface area (Å²) in [5.41, 5.74) is 8.72. The summed E-state index contributed by atoms with van der Waals surface area (Å²) in [4.78, 5) is 27.3. The normalized spacial score (nSPS) is 14.1. The molecule has 4 heterocycles. The van der Waals surface area contributed by atoms with Crippen molar-refractivity contribution in [2.75, 3.05) is 11.5 Å². The molecule has 1 aliphatic rings. The molecule has 182 valence electrons. The Morgan fingerprint density at radius 1 is 1.26 bits per heavy atom. The number of hydrogen-bond donors (Lipinski definition) is 2. The van der Waals surface area contributed by atoms with Gasteiger partial charge in [-0.15, -0.1) is 0 Å². The van der Waals surface area contributed by atoms with Crippen LogP contribution in [0.15, 0.2) is 35.2 Å². The molecule has 11 nitrogen and oxygen atoms in total. The second kappa shape index (κ2) is 9.96. The molecule has 0 aromatic carbocycles. The van der Waals surface area contributed by atoms with Gasteiger partial charge in [0.2, 0.25) is 11.7 Å². The van der Waals surface area contributed by atoms with Gasteiger partial charge in [-0.2, -0.15) is 10.1 Å². The molecular formula is C23H25ClN8O3. The van der Waals surface area contributed by atoms with Gasteiger partial charge < -0.3 is 15.4 Å². The Morgan fingerprint density at radius 2 is 2.09 bits per heavy atom. The summed E-state index contributed by atoms with van der Waals surface area (Å²) in [6, 6.07) is 2.74. The number of aliphatic hydroxyl groups excluding tert-OH is 1. The zero-order valence-corrected chi connectivity index (χ0v) is 19.7. The Morgan fingerprint density at radius 3 is 2.83 bits per heavy atom. The molecule has 0 aliphatic heterocycles. The number of aliphatic hydroxyl groups is 1. The van der Waals surface area contributed by atoms with Crippen LogP contribution >= 0.6 is 11.6 Å². The molecule has 4 aromatic heterocycles. The molecule has 4 aromatic rings. The monoisotopic (exact) mass is 496 g/mol. The molecule has 1 fully saturated rings. The number of carbonyl (C=O) groups excluding carboxylic acids is 1. The molecule has 1 saturated carbocycles. The van der Waals surface area contributed by atoms with Gasteiger partial charge in [0, 0.05) is 25.0 Å². The number of urea groups is 1. The molecule has 12 heteroatoms. The Balaban J connectivity index is 1.51. The minimum Gasteiger partial charge on any atom is -0.396 e. The van der Waals surface area contributed by atoms with Gasteiger partial charge in [0.25, 0.3) is 0 Å². The predicted octanol–water partition coefficient (Wildman–Crippen LogP) is 4.02. The molecule has 35 heavy (non-hydrogen) atoms. The summed E-state index contributed by atoms with van der Waals surface area (Å²) in [5, 5.41) is 17.6. The number of halogens is 1. The quantitative estimate of drug-likeness (QED) is 0.347. The van der Waals surface area contributed by atoms with Crippen molar-refractivity contribution in [3.63, 3.8) is 0 Å². The van der Waals surface area contributed by atoms with E-state index in [4.69, 9.17) is 27.0 Å². The van der Waals surface area contributed by atoms with Gasteiger partial charge in [0.1, 0.15) is 5.69 Å². The van der Waals surface area contributed by atoms with Gasteiger partial charge in [-0.1, -0.05) is 29.6 Å². The van der Waals surface area contributed by atoms with Crippen LogP contribution < -0.4 is 10.6 Å². The standard InChI is InChI=1S/C23H25ClN8O3/c24-16-11-15(12-27-20(16)22-29-19(35-30-22)7-3-4-10-33)31(23(25)34)17-13-26-18-8-9-28-32(18)21(17)14-5-1-2-6-14/h8-9,11-14,33H,1-7,10H2,(H2,25,34). The number of anilines is 2. The van der Waals surface area contributed by atoms with E-state index in [-0.39, 0.29) is 23.4 Å². The van der Waals surface area contributed by atoms with Crippen LogP contribution in [0, 0.1) is 0 Å². The molecule has 5 rings (SSSR count). The average Bonchev–Trinajstić information content (AvgIpc) is 3.61. The highest BCUT2D eigenvalue weighted by Crippen LogP contribution is 2.41. The first-order valence-electron chi connectivity index (χ1n) is 11.6. The first-order valence-corrected chi connectivity index (χ1v) is 12.0. The number of unbranched alkanes of at least 4 members (excludes halogenated alkanes) is 1. The van der Waals surface area contributed by atoms with E-state index in [1.807, 2.05) is 6.07 Å². The number of pyridine rings is 1. The number of amides is 2. The second-order valence-electron chi connectivity index (χ2n) is 8.50. The van der Waals surface area contributed by atoms with Crippen LogP contribution in [0.4, 0.5) is 16.2 Å². The van der Waals surface area contributed by atoms with Crippen LogP contribution in [-0.4, -0.2) is 47.5 Å². The van der Waals surface area contributed by atoms with Gasteiger partial charge in [-0.3, -0.25) is 4.90 Å². The fraction of sp³-hybridized carbons (Fsp3) is 0.391. The maximum absolute atomic E-state index is 12.7. The van der Waals surface area contributed by atoms with Crippen LogP contribution in [0.25, 0.3) is 17.2 Å². The number of primary amides is 1. The van der Waals surface area contributed by atoms with Crippen molar-refractivity contribution < 1.29 is 14.4 Å². The second-order valence-corrected chi connectivity index (χ2v) is 8.91. The molecule has 0 atom stereocenters. The van der Waals surface area contributed by atoms with Crippen LogP contribution in [0.3, 0.4) is 0 Å². The topological polar surface area (TPSA) is 149 Å². The van der Waals surface area contributed by atoms with Crippen LogP contribution in [0.5, 0.6) is 0 Å². The maximum atomic E-state index is 12.7. The number of hydrogen-bond acceptors (Lipinski definition) is 8. The Hall–Kier alpha value is -3.57. The average molecular weight is 497 g/mol. The third-order valence-electron chi connectivity index (χ3n) is 6.20. The molecule has 0 unspecified atom stereocenters. The van der Waals surface area contributed by atoms with Gasteiger partial charge in [0.15, 0.2) is 5.65 Å². The van der Waals surface area contributed by atoms with Crippen molar-refractivity contribution in [2.45, 2.75) is 50.9 Å². The highest BCUT2D eigenvalue weighted by Gasteiger charge is 2.29. The van der Waals surface area contributed by atoms with Crippen LogP contribution in [-0.2, 0) is 6.42 Å². The number of fused-ring (bicyclic) bond motifs is 1. The van der Waals surface area contributed by atoms with Crippen molar-refractivity contribution in [1.82, 2.24) is 29.7 Å². The fourth-order valence-electron chi connectivity index (χ4n) is 4.58. The minimum absolute atomic E-state index is 0.109. The molecule has 3 N–H and O–H groups in total. The fourth-order valence-corrected chi connectivity index (χ4v) is 4.82. The highest BCUT2D eigenvalue weighted by molar-refractivity contribution is 6.33. The molecule has 0 saturated heterocycles. The number of nitrogens with two attached hydrogens (primary N) is 1. The third-order valence-corrected chi connectivity index (χ3v) is 6.49. The van der Waals surface area contributed by atoms with Crippen molar-refractivity contribution in [2.24, 2.45) is 5.73 Å². The van der Waals surface area contributed by atoms with E-state index in [1.165, 1.54) is 11.1 Å². The van der Waals surface area contributed by atoms with E-state index < -0.39 is 6.03 Å². The van der Waals surface area contributed by atoms with Crippen molar-refractivity contribution >= 4 is 34.7 Å². The zero-order chi connectivity index (χ0) is 24.4. The van der Waals surface area contributed by atoms with Crippen molar-refractivity contribution in [1.29, 1.82) is 0 Å². The Kier molecular flexibility index (Phi) is 6.60. The van der Waals surface area contributed by atoms with E-state index >= 15 is 0 Å². The third kappa shape index (κ3) is 4.56. The molecule has 1 aliphatic carbocycles. The SMILES string of the molecule is NC(=O)N(c1cnc(-c2noc(CCCCO)n2)c(Cl)c1)c1cnc2ccnn2c1C1CCCC1. The highest BCUT2D eigenvalue weighted by atomic mass is 35.5. The van der Waals surface area contributed by atoms with Gasteiger partial charge in [-0.05, 0) is 31.7 Å². The number of aromatic nitrogens is 6. The molecule has 2 amide bonds.